The number of nitrogens with zero attached hydrogens (tertiary/aromatic N) is 5. The zero-order valence-electron chi connectivity index (χ0n) is 20.7. The SMILES string of the molecule is Cc1ccc(N2CCCC3(CN(Cc4ccccn4)CCO3)C2)nn1.O=C(O)C(F)(F)F.O=C(O)C(F)(F)F. The van der Waals surface area contributed by atoms with E-state index < -0.39 is 24.3 Å². The van der Waals surface area contributed by atoms with Crippen LogP contribution >= 0.6 is 0 Å². The van der Waals surface area contributed by atoms with Crippen LogP contribution in [0.2, 0.25) is 0 Å². The Kier molecular flexibility index (Phi) is 11.0. The molecule has 4 rings (SSSR count). The summed E-state index contributed by atoms with van der Waals surface area (Å²) in [6, 6.07) is 10.2. The number of aliphatic carboxylic acids is 2. The van der Waals surface area contributed by atoms with E-state index in [1.54, 1.807) is 0 Å². The van der Waals surface area contributed by atoms with Crippen LogP contribution in [-0.4, -0.2) is 93.0 Å². The molecular formula is C23H27F6N5O5. The summed E-state index contributed by atoms with van der Waals surface area (Å²) in [4.78, 5) is 27.0. The second-order valence-corrected chi connectivity index (χ2v) is 8.73. The molecule has 2 fully saturated rings. The number of carboxylic acid groups (broad SMARTS) is 2. The molecule has 0 saturated carbocycles. The van der Waals surface area contributed by atoms with Crippen LogP contribution in [0, 0.1) is 6.92 Å². The van der Waals surface area contributed by atoms with Gasteiger partial charge in [0.25, 0.3) is 0 Å². The van der Waals surface area contributed by atoms with E-state index in [-0.39, 0.29) is 5.60 Å². The molecule has 0 aliphatic carbocycles. The molecule has 10 nitrogen and oxygen atoms in total. The minimum atomic E-state index is -5.08. The van der Waals surface area contributed by atoms with Gasteiger partial charge in [0.1, 0.15) is 0 Å². The number of aryl methyl sites for hydroxylation is 1. The Balaban J connectivity index is 0.000000317. The highest BCUT2D eigenvalue weighted by Crippen LogP contribution is 2.31. The molecule has 16 heteroatoms. The summed E-state index contributed by atoms with van der Waals surface area (Å²) < 4.78 is 69.8. The summed E-state index contributed by atoms with van der Waals surface area (Å²) in [5.74, 6) is -4.56. The molecule has 216 valence electrons. The number of hydrogen-bond donors (Lipinski definition) is 2. The first kappa shape index (κ1) is 31.7. The Bertz CT molecular complexity index is 1040. The van der Waals surface area contributed by atoms with E-state index in [0.717, 1.165) is 69.4 Å². The van der Waals surface area contributed by atoms with Crippen molar-refractivity contribution < 1.29 is 50.9 Å². The molecule has 4 heterocycles. The maximum absolute atomic E-state index is 10.6. The summed E-state index contributed by atoms with van der Waals surface area (Å²) >= 11 is 0. The van der Waals surface area contributed by atoms with E-state index in [0.29, 0.717) is 0 Å². The fourth-order valence-electron chi connectivity index (χ4n) is 3.88. The zero-order chi connectivity index (χ0) is 29.3. The van der Waals surface area contributed by atoms with Gasteiger partial charge in [-0.1, -0.05) is 6.07 Å². The highest BCUT2D eigenvalue weighted by atomic mass is 19.4. The lowest BCUT2D eigenvalue weighted by atomic mass is 9.90. The van der Waals surface area contributed by atoms with E-state index in [9.17, 15) is 26.3 Å². The van der Waals surface area contributed by atoms with Gasteiger partial charge in [-0.2, -0.15) is 31.4 Å². The number of pyridine rings is 1. The van der Waals surface area contributed by atoms with Gasteiger partial charge >= 0.3 is 24.3 Å². The van der Waals surface area contributed by atoms with Crippen molar-refractivity contribution in [3.8, 4) is 0 Å². The van der Waals surface area contributed by atoms with Crippen molar-refractivity contribution >= 4 is 17.8 Å². The molecule has 0 bridgehead atoms. The molecule has 1 unspecified atom stereocenters. The quantitative estimate of drug-likeness (QED) is 0.533. The average molecular weight is 567 g/mol. The van der Waals surface area contributed by atoms with E-state index in [1.165, 1.54) is 0 Å². The van der Waals surface area contributed by atoms with Crippen LogP contribution in [0.1, 0.15) is 24.2 Å². The topological polar surface area (TPSA) is 129 Å². The van der Waals surface area contributed by atoms with Gasteiger partial charge in [0.2, 0.25) is 0 Å². The number of aromatic nitrogens is 3. The number of halogens is 6. The molecule has 1 spiro atoms. The molecule has 0 aromatic carbocycles. The molecule has 0 radical (unpaired) electrons. The minimum Gasteiger partial charge on any atom is -0.475 e. The predicted molar refractivity (Wildman–Crippen MR) is 124 cm³/mol. The maximum atomic E-state index is 10.6. The Morgan fingerprint density at radius 1 is 0.974 bits per heavy atom. The second-order valence-electron chi connectivity index (χ2n) is 8.73. The van der Waals surface area contributed by atoms with Crippen LogP contribution in [0.4, 0.5) is 32.2 Å². The molecule has 0 amide bonds. The third-order valence-corrected chi connectivity index (χ3v) is 5.57. The van der Waals surface area contributed by atoms with Gasteiger partial charge < -0.3 is 19.8 Å². The highest BCUT2D eigenvalue weighted by Gasteiger charge is 2.41. The van der Waals surface area contributed by atoms with Crippen molar-refractivity contribution in [2.45, 2.75) is 44.3 Å². The Morgan fingerprint density at radius 3 is 2.13 bits per heavy atom. The van der Waals surface area contributed by atoms with Crippen LogP contribution in [0.15, 0.2) is 36.5 Å². The summed E-state index contributed by atoms with van der Waals surface area (Å²) in [7, 11) is 0. The molecule has 2 aromatic rings. The predicted octanol–water partition coefficient (Wildman–Crippen LogP) is 3.32. The summed E-state index contributed by atoms with van der Waals surface area (Å²) in [6.07, 6.45) is -6.08. The first-order chi connectivity index (χ1) is 18.1. The van der Waals surface area contributed by atoms with Gasteiger partial charge in [-0.3, -0.25) is 9.88 Å². The Morgan fingerprint density at radius 2 is 1.62 bits per heavy atom. The summed E-state index contributed by atoms with van der Waals surface area (Å²) in [6.45, 7) is 7.43. The van der Waals surface area contributed by atoms with Crippen molar-refractivity contribution in [1.29, 1.82) is 0 Å². The lowest BCUT2D eigenvalue weighted by Crippen LogP contribution is -2.59. The largest absolute Gasteiger partial charge is 0.490 e. The van der Waals surface area contributed by atoms with Crippen molar-refractivity contribution in [1.82, 2.24) is 20.1 Å². The van der Waals surface area contributed by atoms with Gasteiger partial charge in [-0.15, -0.1) is 5.10 Å². The standard InChI is InChI=1S/C19H25N5O.2C2HF3O2/c1-16-6-7-18(22-21-16)24-10-4-8-19(15-24)14-23(11-12-25-19)13-17-5-2-3-9-20-17;2*3-2(4,5)1(6)7/h2-3,5-7,9H,4,8,10-15H2,1H3;2*(H,6,7). The summed E-state index contributed by atoms with van der Waals surface area (Å²) in [5.41, 5.74) is 1.96. The molecule has 39 heavy (non-hydrogen) atoms. The second kappa shape index (κ2) is 13.5. The van der Waals surface area contributed by atoms with Gasteiger partial charge in [-0.25, -0.2) is 9.59 Å². The first-order valence-electron chi connectivity index (χ1n) is 11.5. The number of hydrogen-bond acceptors (Lipinski definition) is 8. The van der Waals surface area contributed by atoms with Crippen LogP contribution in [-0.2, 0) is 20.9 Å². The molecule has 2 aromatic heterocycles. The zero-order valence-corrected chi connectivity index (χ0v) is 20.7. The van der Waals surface area contributed by atoms with Crippen molar-refractivity contribution in [2.75, 3.05) is 37.7 Å². The smallest absolute Gasteiger partial charge is 0.475 e. The minimum absolute atomic E-state index is 0.113. The lowest BCUT2D eigenvalue weighted by molar-refractivity contribution is -0.193. The average Bonchev–Trinajstić information content (AvgIpc) is 2.85. The number of morpholine rings is 1. The van der Waals surface area contributed by atoms with E-state index in [4.69, 9.17) is 24.5 Å². The number of carboxylic acids is 2. The van der Waals surface area contributed by atoms with E-state index >= 15 is 0 Å². The van der Waals surface area contributed by atoms with Crippen molar-refractivity contribution in [3.05, 3.63) is 47.9 Å². The van der Waals surface area contributed by atoms with Crippen molar-refractivity contribution in [3.63, 3.8) is 0 Å². The van der Waals surface area contributed by atoms with Crippen LogP contribution < -0.4 is 4.90 Å². The molecule has 2 aliphatic heterocycles. The third kappa shape index (κ3) is 10.6. The molecular weight excluding hydrogens is 540 g/mol. The first-order valence-corrected chi connectivity index (χ1v) is 11.5. The number of rotatable bonds is 3. The van der Waals surface area contributed by atoms with Crippen LogP contribution in [0.5, 0.6) is 0 Å². The third-order valence-electron chi connectivity index (χ3n) is 5.57. The number of anilines is 1. The number of alkyl halides is 6. The fourth-order valence-corrected chi connectivity index (χ4v) is 3.88. The van der Waals surface area contributed by atoms with Crippen molar-refractivity contribution in [2.24, 2.45) is 0 Å². The van der Waals surface area contributed by atoms with Gasteiger partial charge in [-0.05, 0) is 44.0 Å². The van der Waals surface area contributed by atoms with Crippen LogP contribution in [0.3, 0.4) is 0 Å². The number of carbonyl (C=O) groups is 2. The fraction of sp³-hybridized carbons (Fsp3) is 0.522. The van der Waals surface area contributed by atoms with E-state index in [1.807, 2.05) is 25.3 Å². The number of ether oxygens (including phenoxy) is 1. The molecule has 1 atom stereocenters. The van der Waals surface area contributed by atoms with Gasteiger partial charge in [0, 0.05) is 38.9 Å². The molecule has 2 N–H and O–H groups in total. The normalized spacial score (nSPS) is 19.8. The number of piperidine rings is 1. The van der Waals surface area contributed by atoms with Gasteiger partial charge in [0.15, 0.2) is 5.82 Å². The van der Waals surface area contributed by atoms with Gasteiger partial charge in [0.05, 0.1) is 23.6 Å². The molecule has 2 aliphatic rings. The Labute approximate surface area is 219 Å². The monoisotopic (exact) mass is 567 g/mol. The molecule has 2 saturated heterocycles. The van der Waals surface area contributed by atoms with Crippen LogP contribution in [0.25, 0.3) is 0 Å². The highest BCUT2D eigenvalue weighted by molar-refractivity contribution is 5.73. The maximum Gasteiger partial charge on any atom is 0.490 e. The van der Waals surface area contributed by atoms with E-state index in [2.05, 4.69) is 43.2 Å². The summed E-state index contributed by atoms with van der Waals surface area (Å²) in [5, 5.41) is 22.8. The Hall–Kier alpha value is -3.53. The lowest BCUT2D eigenvalue weighted by Gasteiger charge is -2.48.